The highest BCUT2D eigenvalue weighted by atomic mass is 35.5. The predicted molar refractivity (Wildman–Crippen MR) is 108 cm³/mol. The van der Waals surface area contributed by atoms with Crippen LogP contribution in [-0.4, -0.2) is 50.7 Å². The Bertz CT molecular complexity index is 766. The lowest BCUT2D eigenvalue weighted by atomic mass is 10.1. The Hall–Kier alpha value is -2.03. The summed E-state index contributed by atoms with van der Waals surface area (Å²) in [6.45, 7) is 2.97. The van der Waals surface area contributed by atoms with Gasteiger partial charge in [0.2, 0.25) is 0 Å². The molecule has 28 heavy (non-hydrogen) atoms. The minimum Gasteiger partial charge on any atom is -0.488 e. The van der Waals surface area contributed by atoms with Crippen LogP contribution in [0.15, 0.2) is 36.4 Å². The van der Waals surface area contributed by atoms with E-state index in [0.29, 0.717) is 53.6 Å². The normalized spacial score (nSPS) is 10.7. The molecule has 9 heteroatoms. The van der Waals surface area contributed by atoms with Crippen LogP contribution in [0.5, 0.6) is 5.75 Å². The van der Waals surface area contributed by atoms with Gasteiger partial charge in [-0.2, -0.15) is 0 Å². The number of rotatable bonds is 12. The maximum Gasteiger partial charge on any atom is 0.337 e. The van der Waals surface area contributed by atoms with Crippen molar-refractivity contribution in [1.82, 2.24) is 0 Å². The maximum absolute atomic E-state index is 11.3. The molecule has 0 saturated heterocycles. The molecule has 2 aromatic carbocycles. The molecule has 2 aromatic rings. The first kappa shape index (κ1) is 22.3. The van der Waals surface area contributed by atoms with Gasteiger partial charge >= 0.3 is 5.97 Å². The number of hydrogen-bond donors (Lipinski definition) is 3. The molecule has 0 aliphatic rings. The van der Waals surface area contributed by atoms with Crippen molar-refractivity contribution in [3.63, 3.8) is 0 Å². The van der Waals surface area contributed by atoms with Crippen molar-refractivity contribution >= 4 is 40.5 Å². The van der Waals surface area contributed by atoms with E-state index in [1.54, 1.807) is 30.3 Å². The molecule has 0 aromatic heterocycles. The number of aromatic carboxylic acids is 1. The third kappa shape index (κ3) is 6.85. The molecule has 0 atom stereocenters. The number of para-hydroxylation sites is 1. The quantitative estimate of drug-likeness (QED) is 0.447. The average molecular weight is 430 g/mol. The van der Waals surface area contributed by atoms with Crippen LogP contribution in [0.4, 0.5) is 11.4 Å². The summed E-state index contributed by atoms with van der Waals surface area (Å²) in [5.41, 5.74) is 4.81. The summed E-state index contributed by atoms with van der Waals surface area (Å²) in [5, 5.41) is 12.9. The minimum atomic E-state index is -1.03. The second-order valence-corrected chi connectivity index (χ2v) is 6.49. The van der Waals surface area contributed by atoms with E-state index >= 15 is 0 Å². The van der Waals surface area contributed by atoms with Gasteiger partial charge in [-0.05, 0) is 24.3 Å². The van der Waals surface area contributed by atoms with Gasteiger partial charge in [-0.3, -0.25) is 0 Å². The van der Waals surface area contributed by atoms with Crippen LogP contribution >= 0.6 is 23.2 Å². The van der Waals surface area contributed by atoms with Gasteiger partial charge in [0.15, 0.2) is 5.75 Å². The molecule has 0 unspecified atom stereocenters. The lowest BCUT2D eigenvalue weighted by Crippen LogP contribution is -2.52. The van der Waals surface area contributed by atoms with E-state index in [1.807, 2.05) is 0 Å². The fourth-order valence-electron chi connectivity index (χ4n) is 2.33. The molecule has 0 radical (unpaired) electrons. The maximum atomic E-state index is 11.3. The number of ether oxygens (including phenoxy) is 3. The van der Waals surface area contributed by atoms with Gasteiger partial charge in [-0.25, -0.2) is 4.79 Å². The van der Waals surface area contributed by atoms with Crippen LogP contribution in [0.2, 0.25) is 10.0 Å². The van der Waals surface area contributed by atoms with E-state index in [2.05, 4.69) is 11.1 Å². The van der Waals surface area contributed by atoms with E-state index in [4.69, 9.17) is 37.4 Å². The van der Waals surface area contributed by atoms with Crippen LogP contribution in [0.25, 0.3) is 0 Å². The Balaban J connectivity index is 1.91. The summed E-state index contributed by atoms with van der Waals surface area (Å²) < 4.78 is 16.3. The summed E-state index contributed by atoms with van der Waals surface area (Å²) in [7, 11) is 0. The number of hydrogen-bond acceptors (Lipinski definition) is 5. The lowest BCUT2D eigenvalue weighted by Gasteiger charge is -2.14. The number of anilines is 2. The first-order valence-electron chi connectivity index (χ1n) is 8.69. The fraction of sp³-hybridized carbons (Fsp3) is 0.316. The van der Waals surface area contributed by atoms with E-state index in [-0.39, 0.29) is 12.2 Å². The molecular weight excluding hydrogens is 407 g/mol. The van der Waals surface area contributed by atoms with Gasteiger partial charge in [0, 0.05) is 5.69 Å². The number of benzene rings is 2. The van der Waals surface area contributed by atoms with Crippen LogP contribution in [0.1, 0.15) is 10.4 Å². The zero-order valence-corrected chi connectivity index (χ0v) is 16.8. The van der Waals surface area contributed by atoms with Gasteiger partial charge in [0.1, 0.15) is 6.61 Å². The average Bonchev–Trinajstić information content (AvgIpc) is 2.66. The molecule has 5 N–H and O–H groups in total. The van der Waals surface area contributed by atoms with E-state index in [1.165, 1.54) is 6.07 Å². The minimum absolute atomic E-state index is 0.145. The van der Waals surface area contributed by atoms with Crippen LogP contribution in [0.3, 0.4) is 0 Å². The summed E-state index contributed by atoms with van der Waals surface area (Å²) in [6.07, 6.45) is 0. The van der Waals surface area contributed by atoms with Crippen molar-refractivity contribution in [3.05, 3.63) is 52.0 Å². The van der Waals surface area contributed by atoms with Gasteiger partial charge < -0.3 is 30.4 Å². The second-order valence-electron chi connectivity index (χ2n) is 5.67. The van der Waals surface area contributed by atoms with Gasteiger partial charge in [0.25, 0.3) is 0 Å². The zero-order valence-electron chi connectivity index (χ0n) is 15.2. The number of quaternary nitrogens is 1. The third-order valence-electron chi connectivity index (χ3n) is 3.57. The van der Waals surface area contributed by atoms with E-state index in [9.17, 15) is 9.90 Å². The van der Waals surface area contributed by atoms with Crippen molar-refractivity contribution in [2.75, 3.05) is 44.9 Å². The molecule has 0 amide bonds. The Morgan fingerprint density at radius 1 is 1.00 bits per heavy atom. The number of carbonyl (C=O) groups is 1. The highest BCUT2D eigenvalue weighted by Gasteiger charge is 2.13. The molecule has 0 bridgehead atoms. The van der Waals surface area contributed by atoms with Crippen molar-refractivity contribution in [2.24, 2.45) is 0 Å². The molecular formula is C19H23Cl2N2O5+. The molecule has 152 valence electrons. The number of halogens is 2. The Kier molecular flexibility index (Phi) is 9.33. The number of carboxylic acid groups (broad SMARTS) is 1. The summed E-state index contributed by atoms with van der Waals surface area (Å²) in [5.74, 6) is -0.686. The molecule has 0 saturated carbocycles. The van der Waals surface area contributed by atoms with E-state index < -0.39 is 5.97 Å². The SMILES string of the molecule is [NH3+]CCOCCOCCOc1c(Cl)cc(Nc2ccccc2C(=O)O)cc1Cl. The van der Waals surface area contributed by atoms with Crippen molar-refractivity contribution in [1.29, 1.82) is 0 Å². The first-order valence-corrected chi connectivity index (χ1v) is 9.44. The van der Waals surface area contributed by atoms with Crippen molar-refractivity contribution in [2.45, 2.75) is 0 Å². The largest absolute Gasteiger partial charge is 0.488 e. The highest BCUT2D eigenvalue weighted by Crippen LogP contribution is 2.37. The monoisotopic (exact) mass is 429 g/mol. The van der Waals surface area contributed by atoms with Gasteiger partial charge in [-0.15, -0.1) is 0 Å². The molecule has 0 heterocycles. The van der Waals surface area contributed by atoms with Gasteiger partial charge in [-0.1, -0.05) is 35.3 Å². The van der Waals surface area contributed by atoms with Crippen molar-refractivity contribution in [3.8, 4) is 5.75 Å². The Morgan fingerprint density at radius 2 is 1.61 bits per heavy atom. The first-order chi connectivity index (χ1) is 13.5. The topological polar surface area (TPSA) is 105 Å². The van der Waals surface area contributed by atoms with Crippen LogP contribution in [0, 0.1) is 0 Å². The predicted octanol–water partition coefficient (Wildman–Crippen LogP) is 3.09. The fourth-order valence-corrected chi connectivity index (χ4v) is 2.93. The molecule has 0 fully saturated rings. The highest BCUT2D eigenvalue weighted by molar-refractivity contribution is 6.37. The molecule has 0 spiro atoms. The Morgan fingerprint density at radius 3 is 2.25 bits per heavy atom. The summed E-state index contributed by atoms with van der Waals surface area (Å²) >= 11 is 12.5. The smallest absolute Gasteiger partial charge is 0.337 e. The standard InChI is InChI=1S/C19H22Cl2N2O5/c20-15-11-13(23-17-4-2-1-3-14(17)19(24)25)12-16(21)18(15)28-10-9-27-8-7-26-6-5-22/h1-4,11-12,23H,5-10,22H2,(H,24,25)/p+1. The molecule has 0 aliphatic heterocycles. The van der Waals surface area contributed by atoms with Gasteiger partial charge in [0.05, 0.1) is 54.3 Å². The summed E-state index contributed by atoms with van der Waals surface area (Å²) in [6, 6.07) is 9.80. The molecule has 7 nitrogen and oxygen atoms in total. The third-order valence-corrected chi connectivity index (χ3v) is 4.13. The second kappa shape index (κ2) is 11.7. The number of carboxylic acids is 1. The molecule has 0 aliphatic carbocycles. The van der Waals surface area contributed by atoms with Crippen LogP contribution < -0.4 is 15.8 Å². The lowest BCUT2D eigenvalue weighted by molar-refractivity contribution is -0.374. The summed E-state index contributed by atoms with van der Waals surface area (Å²) in [4.78, 5) is 11.3. The zero-order chi connectivity index (χ0) is 20.4. The van der Waals surface area contributed by atoms with Crippen LogP contribution in [-0.2, 0) is 9.47 Å². The van der Waals surface area contributed by atoms with Crippen molar-refractivity contribution < 1.29 is 29.8 Å². The number of nitrogens with one attached hydrogen (secondary N) is 1. The van der Waals surface area contributed by atoms with E-state index in [0.717, 1.165) is 6.54 Å². The Labute approximate surface area is 173 Å². The molecule has 2 rings (SSSR count).